The molecule has 0 aromatic heterocycles. The summed E-state index contributed by atoms with van der Waals surface area (Å²) in [4.78, 5) is 23.4. The van der Waals surface area contributed by atoms with Crippen molar-refractivity contribution in [2.45, 2.75) is 25.8 Å². The molecule has 0 radical (unpaired) electrons. The summed E-state index contributed by atoms with van der Waals surface area (Å²) in [5.74, 6) is -1.87. The van der Waals surface area contributed by atoms with Gasteiger partial charge in [0.1, 0.15) is 11.9 Å². The zero-order valence-corrected chi connectivity index (χ0v) is 12.8. The van der Waals surface area contributed by atoms with E-state index in [1.165, 1.54) is 24.3 Å². The average molecular weight is 315 g/mol. The highest BCUT2D eigenvalue weighted by Gasteiger charge is 2.20. The van der Waals surface area contributed by atoms with E-state index < -0.39 is 17.9 Å². The largest absolute Gasteiger partial charge is 0.480 e. The van der Waals surface area contributed by atoms with Crippen LogP contribution in [-0.4, -0.2) is 23.0 Å². The number of nitrogens with one attached hydrogen (secondary N) is 1. The second-order valence-electron chi connectivity index (χ2n) is 5.45. The molecule has 120 valence electrons. The van der Waals surface area contributed by atoms with Gasteiger partial charge in [0.05, 0.1) is 6.42 Å². The van der Waals surface area contributed by atoms with E-state index in [0.29, 0.717) is 5.56 Å². The first-order valence-electron chi connectivity index (χ1n) is 7.26. The molecule has 0 bridgehead atoms. The highest BCUT2D eigenvalue weighted by Crippen LogP contribution is 2.08. The van der Waals surface area contributed by atoms with Crippen molar-refractivity contribution in [3.05, 3.63) is 71.0 Å². The number of carboxylic acid groups (broad SMARTS) is 1. The second-order valence-corrected chi connectivity index (χ2v) is 5.45. The molecule has 0 unspecified atom stereocenters. The van der Waals surface area contributed by atoms with Gasteiger partial charge in [-0.05, 0) is 30.2 Å². The van der Waals surface area contributed by atoms with E-state index in [1.54, 1.807) is 0 Å². The number of hydrogen-bond donors (Lipinski definition) is 2. The zero-order chi connectivity index (χ0) is 16.8. The van der Waals surface area contributed by atoms with Gasteiger partial charge in [0.25, 0.3) is 0 Å². The summed E-state index contributed by atoms with van der Waals surface area (Å²) in [7, 11) is 0. The Labute approximate surface area is 134 Å². The molecule has 1 amide bonds. The number of rotatable bonds is 6. The van der Waals surface area contributed by atoms with Crippen LogP contribution < -0.4 is 5.32 Å². The minimum atomic E-state index is -1.08. The van der Waals surface area contributed by atoms with E-state index in [4.69, 9.17) is 0 Å². The maximum Gasteiger partial charge on any atom is 0.326 e. The molecule has 2 aromatic rings. The van der Waals surface area contributed by atoms with Crippen molar-refractivity contribution >= 4 is 11.9 Å². The van der Waals surface area contributed by atoms with Crippen molar-refractivity contribution in [2.24, 2.45) is 0 Å². The van der Waals surface area contributed by atoms with Crippen molar-refractivity contribution in [2.75, 3.05) is 0 Å². The molecule has 0 heterocycles. The van der Waals surface area contributed by atoms with Crippen LogP contribution in [0.15, 0.2) is 48.5 Å². The van der Waals surface area contributed by atoms with Gasteiger partial charge in [0, 0.05) is 6.42 Å². The molecule has 0 fully saturated rings. The summed E-state index contributed by atoms with van der Waals surface area (Å²) < 4.78 is 12.8. The van der Waals surface area contributed by atoms with E-state index in [2.05, 4.69) is 5.32 Å². The molecule has 0 spiro atoms. The summed E-state index contributed by atoms with van der Waals surface area (Å²) in [5, 5.41) is 11.8. The van der Waals surface area contributed by atoms with E-state index >= 15 is 0 Å². The Morgan fingerprint density at radius 3 is 2.43 bits per heavy atom. The van der Waals surface area contributed by atoms with Gasteiger partial charge in [-0.3, -0.25) is 4.79 Å². The van der Waals surface area contributed by atoms with Crippen molar-refractivity contribution in [1.29, 1.82) is 0 Å². The summed E-state index contributed by atoms with van der Waals surface area (Å²) in [6.45, 7) is 1.92. The fourth-order valence-electron chi connectivity index (χ4n) is 2.31. The minimum absolute atomic E-state index is 0.0118. The Balaban J connectivity index is 1.99. The first-order valence-corrected chi connectivity index (χ1v) is 7.26. The lowest BCUT2D eigenvalue weighted by molar-refractivity contribution is -0.141. The number of hydrogen-bond acceptors (Lipinski definition) is 2. The predicted molar refractivity (Wildman–Crippen MR) is 84.6 cm³/mol. The van der Waals surface area contributed by atoms with Crippen LogP contribution in [0.1, 0.15) is 16.7 Å². The quantitative estimate of drug-likeness (QED) is 0.860. The first kappa shape index (κ1) is 16.7. The maximum absolute atomic E-state index is 12.8. The van der Waals surface area contributed by atoms with Crippen LogP contribution in [0, 0.1) is 12.7 Å². The third-order valence-corrected chi connectivity index (χ3v) is 3.43. The van der Waals surface area contributed by atoms with Crippen molar-refractivity contribution < 1.29 is 19.1 Å². The molecule has 2 aromatic carbocycles. The Morgan fingerprint density at radius 1 is 1.13 bits per heavy atom. The number of halogens is 1. The lowest BCUT2D eigenvalue weighted by Gasteiger charge is -2.15. The lowest BCUT2D eigenvalue weighted by Crippen LogP contribution is -2.43. The topological polar surface area (TPSA) is 66.4 Å². The normalized spacial score (nSPS) is 11.7. The lowest BCUT2D eigenvalue weighted by atomic mass is 10.0. The molecule has 4 nitrogen and oxygen atoms in total. The molecule has 2 rings (SSSR count). The fourth-order valence-corrected chi connectivity index (χ4v) is 2.31. The Hall–Kier alpha value is -2.69. The first-order chi connectivity index (χ1) is 10.9. The third kappa shape index (κ3) is 5.21. The molecule has 1 atom stereocenters. The maximum atomic E-state index is 12.8. The predicted octanol–water partition coefficient (Wildman–Crippen LogP) is 2.49. The summed E-state index contributed by atoms with van der Waals surface area (Å²) in [5.41, 5.74) is 2.51. The van der Waals surface area contributed by atoms with E-state index in [9.17, 15) is 19.1 Å². The SMILES string of the molecule is Cc1cccc(C[C@@H](NC(=O)Cc2ccc(F)cc2)C(=O)O)c1. The second kappa shape index (κ2) is 7.54. The number of carbonyl (C=O) groups excluding carboxylic acids is 1. The Morgan fingerprint density at radius 2 is 1.83 bits per heavy atom. The van der Waals surface area contributed by atoms with E-state index in [1.807, 2.05) is 31.2 Å². The molecule has 2 N–H and O–H groups in total. The van der Waals surface area contributed by atoms with Crippen molar-refractivity contribution in [3.63, 3.8) is 0 Å². The van der Waals surface area contributed by atoms with Crippen molar-refractivity contribution in [3.8, 4) is 0 Å². The molecule has 5 heteroatoms. The Kier molecular flexibility index (Phi) is 5.46. The van der Waals surface area contributed by atoms with Gasteiger partial charge in [0.2, 0.25) is 5.91 Å². The molecular formula is C18H18FNO3. The molecule has 0 aliphatic carbocycles. The van der Waals surface area contributed by atoms with Crippen LogP contribution in [0.3, 0.4) is 0 Å². The standard InChI is InChI=1S/C18H18FNO3/c1-12-3-2-4-14(9-12)10-16(18(22)23)20-17(21)11-13-5-7-15(19)8-6-13/h2-9,16H,10-11H2,1H3,(H,20,21)(H,22,23)/t16-/m1/s1. The smallest absolute Gasteiger partial charge is 0.326 e. The highest BCUT2D eigenvalue weighted by atomic mass is 19.1. The number of aliphatic carboxylic acids is 1. The molecule has 0 saturated heterocycles. The number of aryl methyl sites for hydroxylation is 1. The molecule has 23 heavy (non-hydrogen) atoms. The zero-order valence-electron chi connectivity index (χ0n) is 12.8. The molecule has 0 saturated carbocycles. The van der Waals surface area contributed by atoms with Gasteiger partial charge in [-0.15, -0.1) is 0 Å². The summed E-state index contributed by atoms with van der Waals surface area (Å²) >= 11 is 0. The number of amides is 1. The van der Waals surface area contributed by atoms with Crippen molar-refractivity contribution in [1.82, 2.24) is 5.32 Å². The molecule has 0 aliphatic rings. The van der Waals surface area contributed by atoms with Crippen LogP contribution in [0.4, 0.5) is 4.39 Å². The Bertz CT molecular complexity index is 698. The monoisotopic (exact) mass is 315 g/mol. The van der Waals surface area contributed by atoms with Gasteiger partial charge in [-0.1, -0.05) is 42.0 Å². The van der Waals surface area contributed by atoms with Gasteiger partial charge in [-0.2, -0.15) is 0 Å². The minimum Gasteiger partial charge on any atom is -0.480 e. The van der Waals surface area contributed by atoms with Gasteiger partial charge < -0.3 is 10.4 Å². The van der Waals surface area contributed by atoms with Gasteiger partial charge >= 0.3 is 5.97 Å². The molecule has 0 aliphatic heterocycles. The summed E-state index contributed by atoms with van der Waals surface area (Å²) in [6, 6.07) is 12.0. The van der Waals surface area contributed by atoms with Crippen LogP contribution >= 0.6 is 0 Å². The third-order valence-electron chi connectivity index (χ3n) is 3.43. The number of carbonyl (C=O) groups is 2. The highest BCUT2D eigenvalue weighted by molar-refractivity contribution is 5.85. The van der Waals surface area contributed by atoms with Crippen LogP contribution in [0.25, 0.3) is 0 Å². The van der Waals surface area contributed by atoms with Gasteiger partial charge in [0.15, 0.2) is 0 Å². The van der Waals surface area contributed by atoms with E-state index in [0.717, 1.165) is 11.1 Å². The molecular weight excluding hydrogens is 297 g/mol. The van der Waals surface area contributed by atoms with Gasteiger partial charge in [-0.25, -0.2) is 9.18 Å². The van der Waals surface area contributed by atoms with E-state index in [-0.39, 0.29) is 18.7 Å². The van der Waals surface area contributed by atoms with Crippen LogP contribution in [-0.2, 0) is 22.4 Å². The number of carboxylic acids is 1. The average Bonchev–Trinajstić information content (AvgIpc) is 2.49. The summed E-state index contributed by atoms with van der Waals surface area (Å²) in [6.07, 6.45) is 0.226. The van der Waals surface area contributed by atoms with Crippen LogP contribution in [0.5, 0.6) is 0 Å². The van der Waals surface area contributed by atoms with Crippen LogP contribution in [0.2, 0.25) is 0 Å². The fraction of sp³-hybridized carbons (Fsp3) is 0.222. The number of benzene rings is 2.